The minimum atomic E-state index is -0.940. The van der Waals surface area contributed by atoms with Crippen molar-refractivity contribution in [3.63, 3.8) is 0 Å². The van der Waals surface area contributed by atoms with E-state index in [0.717, 1.165) is 16.9 Å². The summed E-state index contributed by atoms with van der Waals surface area (Å²) in [6.07, 6.45) is 2.06. The number of ether oxygens (including phenoxy) is 2. The molecule has 0 unspecified atom stereocenters. The first-order valence-corrected chi connectivity index (χ1v) is 9.54. The fraction of sp³-hybridized carbons (Fsp3) is 0.261. The Morgan fingerprint density at radius 3 is 2.33 bits per heavy atom. The van der Waals surface area contributed by atoms with Crippen molar-refractivity contribution in [3.8, 4) is 5.75 Å². The van der Waals surface area contributed by atoms with Crippen molar-refractivity contribution in [1.29, 1.82) is 0 Å². The van der Waals surface area contributed by atoms with Crippen molar-refractivity contribution >= 4 is 29.5 Å². The summed E-state index contributed by atoms with van der Waals surface area (Å²) in [7, 11) is 1.58. The third-order valence-corrected chi connectivity index (χ3v) is 4.17. The molecule has 2 rings (SSSR count). The number of benzene rings is 2. The molecule has 0 saturated heterocycles. The summed E-state index contributed by atoms with van der Waals surface area (Å²) in [5.41, 5.74) is 2.55. The van der Waals surface area contributed by atoms with E-state index >= 15 is 0 Å². The van der Waals surface area contributed by atoms with E-state index in [2.05, 4.69) is 10.6 Å². The van der Waals surface area contributed by atoms with E-state index < -0.39 is 18.0 Å². The van der Waals surface area contributed by atoms with Gasteiger partial charge in [-0.05, 0) is 49.8 Å². The Morgan fingerprint density at radius 2 is 1.70 bits per heavy atom. The monoisotopic (exact) mass is 410 g/mol. The molecule has 0 heterocycles. The van der Waals surface area contributed by atoms with E-state index in [1.807, 2.05) is 31.2 Å². The number of nitrogens with one attached hydrogen (secondary N) is 2. The normalized spacial score (nSPS) is 11.6. The second-order valence-corrected chi connectivity index (χ2v) is 6.63. The Hall–Kier alpha value is -3.61. The third-order valence-electron chi connectivity index (χ3n) is 4.17. The molecular formula is C23H26N2O5. The quantitative estimate of drug-likeness (QED) is 0.489. The van der Waals surface area contributed by atoms with Crippen LogP contribution < -0.4 is 15.4 Å². The maximum atomic E-state index is 12.1. The molecule has 2 amide bonds. The van der Waals surface area contributed by atoms with Crippen molar-refractivity contribution in [1.82, 2.24) is 5.32 Å². The zero-order chi connectivity index (χ0) is 21.9. The standard InChI is InChI=1S/C23H26N2O5/c1-16-4-9-19(10-5-16)25-23(28)17(2)30-22(27)14-15-24-21(26)13-8-18-6-11-20(29-3)12-7-18/h4-13,17H,14-15H2,1-3H3,(H,24,26)(H,25,28)/b13-8+/t17-/m0/s1. The van der Waals surface area contributed by atoms with Gasteiger partial charge in [0.15, 0.2) is 6.10 Å². The summed E-state index contributed by atoms with van der Waals surface area (Å²) < 4.78 is 10.2. The average Bonchev–Trinajstić information content (AvgIpc) is 2.74. The molecule has 0 aliphatic carbocycles. The predicted molar refractivity (Wildman–Crippen MR) is 115 cm³/mol. The number of methoxy groups -OCH3 is 1. The van der Waals surface area contributed by atoms with Crippen molar-refractivity contribution in [2.45, 2.75) is 26.4 Å². The van der Waals surface area contributed by atoms with E-state index in [1.54, 1.807) is 37.5 Å². The van der Waals surface area contributed by atoms with E-state index in [9.17, 15) is 14.4 Å². The lowest BCUT2D eigenvalue weighted by Crippen LogP contribution is -2.31. The first kappa shape index (κ1) is 22.7. The zero-order valence-corrected chi connectivity index (χ0v) is 17.3. The van der Waals surface area contributed by atoms with Crippen molar-refractivity contribution in [2.24, 2.45) is 0 Å². The van der Waals surface area contributed by atoms with Gasteiger partial charge in [-0.1, -0.05) is 29.8 Å². The number of amides is 2. The molecule has 2 aromatic carbocycles. The van der Waals surface area contributed by atoms with Crippen molar-refractivity contribution < 1.29 is 23.9 Å². The molecule has 2 N–H and O–H groups in total. The Balaban J connectivity index is 1.68. The molecule has 1 atom stereocenters. The van der Waals surface area contributed by atoms with E-state index in [-0.39, 0.29) is 18.9 Å². The Morgan fingerprint density at radius 1 is 1.03 bits per heavy atom. The van der Waals surface area contributed by atoms with Crippen LogP contribution in [0.2, 0.25) is 0 Å². The highest BCUT2D eigenvalue weighted by Gasteiger charge is 2.17. The van der Waals surface area contributed by atoms with Gasteiger partial charge in [0.1, 0.15) is 5.75 Å². The molecule has 30 heavy (non-hydrogen) atoms. The van der Waals surface area contributed by atoms with Crippen LogP contribution in [-0.2, 0) is 19.1 Å². The Bertz CT molecular complexity index is 889. The summed E-state index contributed by atoms with van der Waals surface area (Å²) in [6, 6.07) is 14.5. The minimum absolute atomic E-state index is 0.0374. The number of carbonyl (C=O) groups excluding carboxylic acids is 3. The van der Waals surface area contributed by atoms with Gasteiger partial charge in [0.2, 0.25) is 5.91 Å². The van der Waals surface area contributed by atoms with Crippen LogP contribution in [0.15, 0.2) is 54.6 Å². The van der Waals surface area contributed by atoms with Gasteiger partial charge in [-0.2, -0.15) is 0 Å². The fourth-order valence-corrected chi connectivity index (χ4v) is 2.42. The first-order valence-electron chi connectivity index (χ1n) is 9.54. The van der Waals surface area contributed by atoms with Gasteiger partial charge in [-0.25, -0.2) is 0 Å². The summed E-state index contributed by atoms with van der Waals surface area (Å²) in [4.78, 5) is 35.8. The van der Waals surface area contributed by atoms with E-state index in [1.165, 1.54) is 13.0 Å². The molecule has 0 aliphatic heterocycles. The molecule has 0 spiro atoms. The number of hydrogen-bond acceptors (Lipinski definition) is 5. The zero-order valence-electron chi connectivity index (χ0n) is 17.3. The predicted octanol–water partition coefficient (Wildman–Crippen LogP) is 3.09. The number of rotatable bonds is 9. The summed E-state index contributed by atoms with van der Waals surface area (Å²) in [5.74, 6) is -0.583. The maximum Gasteiger partial charge on any atom is 0.308 e. The molecule has 0 radical (unpaired) electrons. The molecule has 7 heteroatoms. The maximum absolute atomic E-state index is 12.1. The van der Waals surface area contributed by atoms with Gasteiger partial charge >= 0.3 is 5.97 Å². The number of carbonyl (C=O) groups is 3. The van der Waals surface area contributed by atoms with Crippen LogP contribution in [0.3, 0.4) is 0 Å². The van der Waals surface area contributed by atoms with Crippen molar-refractivity contribution in [3.05, 3.63) is 65.7 Å². The van der Waals surface area contributed by atoms with E-state index in [4.69, 9.17) is 9.47 Å². The molecule has 0 aliphatic rings. The SMILES string of the molecule is COc1ccc(/C=C/C(=O)NCCC(=O)O[C@@H](C)C(=O)Nc2ccc(C)cc2)cc1. The lowest BCUT2D eigenvalue weighted by Gasteiger charge is -2.13. The Kier molecular flexibility index (Phi) is 8.62. The largest absolute Gasteiger partial charge is 0.497 e. The van der Waals surface area contributed by atoms with Gasteiger partial charge in [0.25, 0.3) is 5.91 Å². The highest BCUT2D eigenvalue weighted by Crippen LogP contribution is 2.12. The highest BCUT2D eigenvalue weighted by molar-refractivity contribution is 5.95. The number of anilines is 1. The van der Waals surface area contributed by atoms with Crippen LogP contribution in [0, 0.1) is 6.92 Å². The highest BCUT2D eigenvalue weighted by atomic mass is 16.5. The fourth-order valence-electron chi connectivity index (χ4n) is 2.42. The first-order chi connectivity index (χ1) is 14.4. The van der Waals surface area contributed by atoms with E-state index in [0.29, 0.717) is 5.69 Å². The summed E-state index contributed by atoms with van der Waals surface area (Å²) in [6.45, 7) is 3.55. The summed E-state index contributed by atoms with van der Waals surface area (Å²) >= 11 is 0. The molecule has 7 nitrogen and oxygen atoms in total. The minimum Gasteiger partial charge on any atom is -0.497 e. The van der Waals surface area contributed by atoms with Crippen LogP contribution in [-0.4, -0.2) is 37.5 Å². The smallest absolute Gasteiger partial charge is 0.308 e. The Labute approximate surface area is 176 Å². The van der Waals surface area contributed by atoms with Crippen LogP contribution in [0.1, 0.15) is 24.5 Å². The van der Waals surface area contributed by atoms with Gasteiger partial charge in [0, 0.05) is 18.3 Å². The van der Waals surface area contributed by atoms with Crippen LogP contribution in [0.4, 0.5) is 5.69 Å². The molecular weight excluding hydrogens is 384 g/mol. The molecule has 158 valence electrons. The van der Waals surface area contributed by atoms with Crippen LogP contribution in [0.25, 0.3) is 6.08 Å². The third kappa shape index (κ3) is 7.79. The second-order valence-electron chi connectivity index (χ2n) is 6.63. The van der Waals surface area contributed by atoms with Crippen molar-refractivity contribution in [2.75, 3.05) is 19.0 Å². The molecule has 0 fully saturated rings. The van der Waals surface area contributed by atoms with Gasteiger partial charge in [-0.15, -0.1) is 0 Å². The van der Waals surface area contributed by atoms with Gasteiger partial charge in [0.05, 0.1) is 13.5 Å². The topological polar surface area (TPSA) is 93.7 Å². The number of esters is 1. The second kappa shape index (κ2) is 11.4. The molecule has 0 saturated carbocycles. The van der Waals surface area contributed by atoms with Crippen LogP contribution >= 0.6 is 0 Å². The number of hydrogen-bond donors (Lipinski definition) is 2. The van der Waals surface area contributed by atoms with Crippen LogP contribution in [0.5, 0.6) is 5.75 Å². The lowest BCUT2D eigenvalue weighted by atomic mass is 10.2. The molecule has 0 bridgehead atoms. The van der Waals surface area contributed by atoms with Gasteiger partial charge < -0.3 is 20.1 Å². The lowest BCUT2D eigenvalue weighted by molar-refractivity contribution is -0.153. The van der Waals surface area contributed by atoms with Gasteiger partial charge in [-0.3, -0.25) is 14.4 Å². The average molecular weight is 410 g/mol. The molecule has 0 aromatic heterocycles. The number of aryl methyl sites for hydroxylation is 1. The summed E-state index contributed by atoms with van der Waals surface area (Å²) in [5, 5.41) is 5.29. The molecule has 2 aromatic rings.